The van der Waals surface area contributed by atoms with Gasteiger partial charge in [0, 0.05) is 5.56 Å². The maximum Gasteiger partial charge on any atom is 0.262 e. The van der Waals surface area contributed by atoms with Crippen LogP contribution < -0.4 is 5.56 Å². The summed E-state index contributed by atoms with van der Waals surface area (Å²) < 4.78 is 13.7. The molecule has 106 valence electrons. The molecule has 0 aliphatic carbocycles. The zero-order valence-electron chi connectivity index (χ0n) is 11.2. The largest absolute Gasteiger partial charge is 0.493 e. The summed E-state index contributed by atoms with van der Waals surface area (Å²) in [4.78, 5) is 18.5. The van der Waals surface area contributed by atoms with Gasteiger partial charge in [0.1, 0.15) is 17.2 Å². The molecule has 2 N–H and O–H groups in total. The lowest BCUT2D eigenvalue weighted by atomic mass is 10.1. The fourth-order valence-electron chi connectivity index (χ4n) is 1.73. The van der Waals surface area contributed by atoms with Gasteiger partial charge in [0.2, 0.25) is 5.88 Å². The van der Waals surface area contributed by atoms with Gasteiger partial charge in [0.05, 0.1) is 5.75 Å². The van der Waals surface area contributed by atoms with E-state index in [0.717, 1.165) is 0 Å². The number of H-pyrrole nitrogens is 1. The Labute approximate surface area is 120 Å². The highest BCUT2D eigenvalue weighted by Crippen LogP contribution is 2.26. The molecule has 1 aromatic heterocycles. The Morgan fingerprint density at radius 3 is 2.70 bits per heavy atom. The van der Waals surface area contributed by atoms with Crippen molar-refractivity contribution in [2.75, 3.05) is 0 Å². The zero-order chi connectivity index (χ0) is 14.7. The van der Waals surface area contributed by atoms with Gasteiger partial charge in [-0.1, -0.05) is 32.0 Å². The standard InChI is InChI=1S/C14H15FN2O2S/c1-8(2)20-7-11-16-13(18)12(14(19)17-11)9-5-3-4-6-10(9)15/h3-6,8H,7H2,1-2H3,(H2,16,17,18,19). The van der Waals surface area contributed by atoms with Crippen LogP contribution in [0.3, 0.4) is 0 Å². The number of aromatic amines is 1. The van der Waals surface area contributed by atoms with Gasteiger partial charge >= 0.3 is 0 Å². The Kier molecular flexibility index (Phi) is 4.44. The molecule has 2 aromatic rings. The van der Waals surface area contributed by atoms with Crippen molar-refractivity contribution in [3.8, 4) is 17.0 Å². The van der Waals surface area contributed by atoms with Gasteiger partial charge < -0.3 is 10.1 Å². The molecule has 20 heavy (non-hydrogen) atoms. The van der Waals surface area contributed by atoms with Crippen LogP contribution in [0.2, 0.25) is 0 Å². The van der Waals surface area contributed by atoms with Crippen molar-refractivity contribution in [3.63, 3.8) is 0 Å². The smallest absolute Gasteiger partial charge is 0.262 e. The third kappa shape index (κ3) is 3.19. The Morgan fingerprint density at radius 2 is 2.10 bits per heavy atom. The number of aromatic hydroxyl groups is 1. The van der Waals surface area contributed by atoms with Crippen LogP contribution in [0.4, 0.5) is 4.39 Å². The van der Waals surface area contributed by atoms with Gasteiger partial charge in [-0.2, -0.15) is 16.7 Å². The van der Waals surface area contributed by atoms with Crippen molar-refractivity contribution in [2.45, 2.75) is 24.9 Å². The first-order valence-electron chi connectivity index (χ1n) is 6.17. The molecule has 0 aliphatic heterocycles. The van der Waals surface area contributed by atoms with E-state index in [4.69, 9.17) is 0 Å². The molecule has 0 radical (unpaired) electrons. The molecule has 0 saturated heterocycles. The minimum atomic E-state index is -0.570. The molecule has 4 nitrogen and oxygen atoms in total. The minimum absolute atomic E-state index is 0.0433. The molecule has 0 fully saturated rings. The monoisotopic (exact) mass is 294 g/mol. The number of hydrogen-bond donors (Lipinski definition) is 2. The SMILES string of the molecule is CC(C)SCc1nc(O)c(-c2ccccc2F)c(=O)[nH]1. The normalized spacial score (nSPS) is 11.0. The van der Waals surface area contributed by atoms with Crippen LogP contribution in [0.25, 0.3) is 11.1 Å². The molecule has 6 heteroatoms. The van der Waals surface area contributed by atoms with Crippen molar-refractivity contribution >= 4 is 11.8 Å². The quantitative estimate of drug-likeness (QED) is 0.910. The molecule has 0 aliphatic rings. The number of nitrogens with one attached hydrogen (secondary N) is 1. The second-order valence-electron chi connectivity index (χ2n) is 4.55. The first kappa shape index (κ1) is 14.6. The zero-order valence-corrected chi connectivity index (χ0v) is 12.0. The van der Waals surface area contributed by atoms with E-state index in [1.807, 2.05) is 13.8 Å². The molecule has 0 amide bonds. The summed E-state index contributed by atoms with van der Waals surface area (Å²) in [5.74, 6) is -0.151. The summed E-state index contributed by atoms with van der Waals surface area (Å²) in [6.45, 7) is 4.05. The average molecular weight is 294 g/mol. The summed E-state index contributed by atoms with van der Waals surface area (Å²) in [6.07, 6.45) is 0. The molecular formula is C14H15FN2O2S. The lowest BCUT2D eigenvalue weighted by Crippen LogP contribution is -2.14. The minimum Gasteiger partial charge on any atom is -0.493 e. The molecule has 0 saturated carbocycles. The number of nitrogens with zero attached hydrogens (tertiary/aromatic N) is 1. The first-order valence-corrected chi connectivity index (χ1v) is 7.22. The summed E-state index contributed by atoms with van der Waals surface area (Å²) in [6, 6.07) is 5.78. The molecule has 1 aromatic carbocycles. The van der Waals surface area contributed by atoms with Crippen molar-refractivity contribution in [2.24, 2.45) is 0 Å². The molecule has 0 atom stereocenters. The van der Waals surface area contributed by atoms with E-state index in [1.165, 1.54) is 18.2 Å². The fourth-order valence-corrected chi connectivity index (χ4v) is 2.36. The number of aromatic nitrogens is 2. The molecule has 0 unspecified atom stereocenters. The Balaban J connectivity index is 2.42. The topological polar surface area (TPSA) is 66.0 Å². The number of thioether (sulfide) groups is 1. The van der Waals surface area contributed by atoms with Crippen LogP contribution >= 0.6 is 11.8 Å². The number of rotatable bonds is 4. The van der Waals surface area contributed by atoms with Crippen molar-refractivity contribution in [1.82, 2.24) is 9.97 Å². The van der Waals surface area contributed by atoms with E-state index >= 15 is 0 Å². The van der Waals surface area contributed by atoms with Crippen LogP contribution in [0.15, 0.2) is 29.1 Å². The van der Waals surface area contributed by atoms with Gasteiger partial charge in [-0.05, 0) is 11.3 Å². The third-order valence-electron chi connectivity index (χ3n) is 2.65. The van der Waals surface area contributed by atoms with E-state index in [2.05, 4.69) is 9.97 Å². The van der Waals surface area contributed by atoms with Crippen LogP contribution in [0.5, 0.6) is 5.88 Å². The van der Waals surface area contributed by atoms with Crippen LogP contribution in [0.1, 0.15) is 19.7 Å². The summed E-state index contributed by atoms with van der Waals surface area (Å²) in [5.41, 5.74) is -0.634. The second kappa shape index (κ2) is 6.09. The van der Waals surface area contributed by atoms with Crippen LogP contribution in [0, 0.1) is 5.82 Å². The van der Waals surface area contributed by atoms with Gasteiger partial charge in [-0.3, -0.25) is 4.79 Å². The van der Waals surface area contributed by atoms with Crippen LogP contribution in [-0.2, 0) is 5.75 Å². The lowest BCUT2D eigenvalue weighted by Gasteiger charge is -2.08. The van der Waals surface area contributed by atoms with Gasteiger partial charge in [0.15, 0.2) is 0 Å². The highest BCUT2D eigenvalue weighted by Gasteiger charge is 2.16. The molecular weight excluding hydrogens is 279 g/mol. The van der Waals surface area contributed by atoms with E-state index in [9.17, 15) is 14.3 Å². The van der Waals surface area contributed by atoms with Crippen molar-refractivity contribution < 1.29 is 9.50 Å². The predicted molar refractivity (Wildman–Crippen MR) is 78.3 cm³/mol. The van der Waals surface area contributed by atoms with Gasteiger partial charge in [-0.15, -0.1) is 0 Å². The number of halogens is 1. The highest BCUT2D eigenvalue weighted by molar-refractivity contribution is 7.99. The maximum atomic E-state index is 13.7. The van der Waals surface area contributed by atoms with Crippen molar-refractivity contribution in [3.05, 3.63) is 46.3 Å². The Morgan fingerprint density at radius 1 is 1.40 bits per heavy atom. The third-order valence-corrected chi connectivity index (χ3v) is 3.75. The summed E-state index contributed by atoms with van der Waals surface area (Å²) >= 11 is 1.59. The molecule has 0 bridgehead atoms. The second-order valence-corrected chi connectivity index (χ2v) is 6.12. The number of hydrogen-bond acceptors (Lipinski definition) is 4. The van der Waals surface area contributed by atoms with E-state index < -0.39 is 17.3 Å². The molecule has 1 heterocycles. The van der Waals surface area contributed by atoms with E-state index in [1.54, 1.807) is 17.8 Å². The number of benzene rings is 1. The Bertz CT molecular complexity index is 670. The molecule has 0 spiro atoms. The van der Waals surface area contributed by atoms with Crippen molar-refractivity contribution in [1.29, 1.82) is 0 Å². The predicted octanol–water partition coefficient (Wildman–Crippen LogP) is 2.92. The summed E-state index contributed by atoms with van der Waals surface area (Å²) in [7, 11) is 0. The average Bonchev–Trinajstić information content (AvgIpc) is 2.38. The molecule has 2 rings (SSSR count). The van der Waals surface area contributed by atoms with E-state index in [0.29, 0.717) is 16.8 Å². The fraction of sp³-hybridized carbons (Fsp3) is 0.286. The Hall–Kier alpha value is -1.82. The van der Waals surface area contributed by atoms with Gasteiger partial charge in [-0.25, -0.2) is 4.39 Å². The summed E-state index contributed by atoms with van der Waals surface area (Å²) in [5, 5.41) is 10.3. The van der Waals surface area contributed by atoms with E-state index in [-0.39, 0.29) is 11.1 Å². The lowest BCUT2D eigenvalue weighted by molar-refractivity contribution is 0.450. The van der Waals surface area contributed by atoms with Crippen LogP contribution in [-0.4, -0.2) is 20.3 Å². The van der Waals surface area contributed by atoms with Gasteiger partial charge in [0.25, 0.3) is 5.56 Å². The maximum absolute atomic E-state index is 13.7. The highest BCUT2D eigenvalue weighted by atomic mass is 32.2. The first-order chi connectivity index (χ1) is 9.49.